The molecule has 3 rings (SSSR count). The van der Waals surface area contributed by atoms with Crippen LogP contribution in [0.25, 0.3) is 0 Å². The van der Waals surface area contributed by atoms with Crippen molar-refractivity contribution in [3.63, 3.8) is 0 Å². The number of carbonyl (C=O) groups excluding carboxylic acids is 1. The molecule has 0 aromatic carbocycles. The van der Waals surface area contributed by atoms with Crippen LogP contribution in [-0.2, 0) is 11.3 Å². The zero-order valence-corrected chi connectivity index (χ0v) is 12.8. The predicted molar refractivity (Wildman–Crippen MR) is 81.5 cm³/mol. The van der Waals surface area contributed by atoms with Crippen LogP contribution in [-0.4, -0.2) is 26.5 Å². The fraction of sp³-hybridized carbons (Fsp3) is 0.357. The summed E-state index contributed by atoms with van der Waals surface area (Å²) in [7, 11) is 0. The van der Waals surface area contributed by atoms with Gasteiger partial charge < -0.3 is 4.90 Å². The number of carbonyl (C=O) groups is 1. The highest BCUT2D eigenvalue weighted by Gasteiger charge is 2.30. The molecule has 1 saturated heterocycles. The van der Waals surface area contributed by atoms with Gasteiger partial charge in [-0.1, -0.05) is 6.07 Å². The Labute approximate surface area is 126 Å². The lowest BCUT2D eigenvalue weighted by Gasteiger charge is -2.34. The maximum absolute atomic E-state index is 12.2. The van der Waals surface area contributed by atoms with Crippen LogP contribution in [0.1, 0.15) is 28.1 Å². The summed E-state index contributed by atoms with van der Waals surface area (Å²) in [5.41, 5.74) is 1.73. The van der Waals surface area contributed by atoms with Crippen molar-refractivity contribution in [1.29, 1.82) is 0 Å². The first-order valence-corrected chi connectivity index (χ1v) is 8.39. The second-order valence-electron chi connectivity index (χ2n) is 4.66. The third-order valence-corrected chi connectivity index (χ3v) is 5.49. The van der Waals surface area contributed by atoms with Crippen LogP contribution >= 0.6 is 23.1 Å². The number of thiophene rings is 1. The molecule has 1 aliphatic heterocycles. The smallest absolute Gasteiger partial charge is 0.224 e. The van der Waals surface area contributed by atoms with Crippen molar-refractivity contribution in [3.05, 3.63) is 46.2 Å². The summed E-state index contributed by atoms with van der Waals surface area (Å²) in [5, 5.41) is 2.16. The zero-order chi connectivity index (χ0) is 13.9. The number of thioether (sulfide) groups is 1. The average molecular weight is 305 g/mol. The molecule has 3 heterocycles. The maximum atomic E-state index is 12.2. The van der Waals surface area contributed by atoms with E-state index in [0.29, 0.717) is 13.0 Å². The van der Waals surface area contributed by atoms with Gasteiger partial charge >= 0.3 is 0 Å². The summed E-state index contributed by atoms with van der Waals surface area (Å²) < 4.78 is 0. The van der Waals surface area contributed by atoms with E-state index in [9.17, 15) is 4.79 Å². The molecule has 0 N–H and O–H groups in total. The average Bonchev–Trinajstić information content (AvgIpc) is 2.97. The molecule has 0 bridgehead atoms. The van der Waals surface area contributed by atoms with Gasteiger partial charge in [0, 0.05) is 23.2 Å². The number of hydrogen-bond acceptors (Lipinski definition) is 5. The Morgan fingerprint density at radius 1 is 1.40 bits per heavy atom. The van der Waals surface area contributed by atoms with Crippen LogP contribution in [0.2, 0.25) is 0 Å². The largest absolute Gasteiger partial charge is 0.320 e. The van der Waals surface area contributed by atoms with Gasteiger partial charge in [-0.3, -0.25) is 14.8 Å². The van der Waals surface area contributed by atoms with Gasteiger partial charge in [-0.15, -0.1) is 23.1 Å². The minimum Gasteiger partial charge on any atom is -0.320 e. The number of nitrogens with zero attached hydrogens (tertiary/aromatic N) is 3. The molecule has 0 saturated carbocycles. The van der Waals surface area contributed by atoms with Crippen molar-refractivity contribution in [3.8, 4) is 0 Å². The maximum Gasteiger partial charge on any atom is 0.224 e. The van der Waals surface area contributed by atoms with Crippen LogP contribution < -0.4 is 0 Å². The van der Waals surface area contributed by atoms with E-state index in [2.05, 4.69) is 21.4 Å². The third-order valence-electron chi connectivity index (χ3n) is 3.15. The number of hydrogen-bond donors (Lipinski definition) is 0. The zero-order valence-electron chi connectivity index (χ0n) is 11.2. The first-order chi connectivity index (χ1) is 9.74. The van der Waals surface area contributed by atoms with Gasteiger partial charge in [0.05, 0.1) is 24.1 Å². The Morgan fingerprint density at radius 2 is 2.30 bits per heavy atom. The van der Waals surface area contributed by atoms with E-state index in [-0.39, 0.29) is 11.3 Å². The van der Waals surface area contributed by atoms with E-state index in [1.165, 1.54) is 4.88 Å². The topological polar surface area (TPSA) is 46.1 Å². The van der Waals surface area contributed by atoms with Crippen LogP contribution in [0.4, 0.5) is 0 Å². The molecule has 6 heteroatoms. The summed E-state index contributed by atoms with van der Waals surface area (Å²) in [6, 6.07) is 4.12. The second-order valence-corrected chi connectivity index (χ2v) is 6.83. The molecule has 1 atom stereocenters. The summed E-state index contributed by atoms with van der Waals surface area (Å²) in [6.07, 6.45) is 4.11. The van der Waals surface area contributed by atoms with Gasteiger partial charge in [-0.2, -0.15) is 0 Å². The lowest BCUT2D eigenvalue weighted by atomic mass is 10.3. The minimum absolute atomic E-state index is 0.111. The lowest BCUT2D eigenvalue weighted by Crippen LogP contribution is -2.36. The summed E-state index contributed by atoms with van der Waals surface area (Å²) in [6.45, 7) is 2.44. The van der Waals surface area contributed by atoms with E-state index in [1.54, 1.807) is 23.7 Å². The molecule has 1 unspecified atom stereocenters. The van der Waals surface area contributed by atoms with Gasteiger partial charge in [0.2, 0.25) is 5.91 Å². The Balaban J connectivity index is 1.83. The molecule has 0 radical (unpaired) electrons. The van der Waals surface area contributed by atoms with E-state index in [4.69, 9.17) is 0 Å². The molecule has 1 aliphatic rings. The van der Waals surface area contributed by atoms with Gasteiger partial charge in [0.15, 0.2) is 0 Å². The van der Waals surface area contributed by atoms with Crippen molar-refractivity contribution >= 4 is 29.0 Å². The quantitative estimate of drug-likeness (QED) is 0.874. The Kier molecular flexibility index (Phi) is 4.03. The molecule has 2 aromatic heterocycles. The fourth-order valence-corrected chi connectivity index (χ4v) is 4.35. The third kappa shape index (κ3) is 2.86. The Morgan fingerprint density at radius 3 is 3.00 bits per heavy atom. The highest BCUT2D eigenvalue weighted by Crippen LogP contribution is 2.39. The minimum atomic E-state index is 0.111. The van der Waals surface area contributed by atoms with E-state index < -0.39 is 0 Å². The van der Waals surface area contributed by atoms with Crippen molar-refractivity contribution in [2.45, 2.75) is 25.3 Å². The first-order valence-electron chi connectivity index (χ1n) is 6.46. The molecule has 1 fully saturated rings. The monoisotopic (exact) mass is 305 g/mol. The van der Waals surface area contributed by atoms with Crippen molar-refractivity contribution < 1.29 is 4.79 Å². The van der Waals surface area contributed by atoms with Crippen LogP contribution in [0.5, 0.6) is 0 Å². The molecule has 2 aromatic rings. The van der Waals surface area contributed by atoms with E-state index >= 15 is 0 Å². The van der Waals surface area contributed by atoms with Crippen LogP contribution in [0.15, 0.2) is 29.9 Å². The van der Waals surface area contributed by atoms with Gasteiger partial charge in [-0.05, 0) is 18.4 Å². The molecular weight excluding hydrogens is 290 g/mol. The first kappa shape index (κ1) is 13.6. The Hall–Kier alpha value is -1.40. The lowest BCUT2D eigenvalue weighted by molar-refractivity contribution is -0.132. The normalized spacial score (nSPS) is 19.4. The second kappa shape index (κ2) is 5.93. The van der Waals surface area contributed by atoms with Gasteiger partial charge in [-0.25, -0.2) is 0 Å². The Bertz CT molecular complexity index is 583. The standard InChI is InChI=1S/C14H15N3OS2/c1-10-7-16-11(8-15-10)9-17-13(18)4-6-20-14(17)12-3-2-5-19-12/h2-3,5,7-8,14H,4,6,9H2,1H3. The molecule has 20 heavy (non-hydrogen) atoms. The highest BCUT2D eigenvalue weighted by molar-refractivity contribution is 7.99. The molecular formula is C14H15N3OS2. The summed E-state index contributed by atoms with van der Waals surface area (Å²) in [5.74, 6) is 1.09. The van der Waals surface area contributed by atoms with Crippen molar-refractivity contribution in [2.75, 3.05) is 5.75 Å². The summed E-state index contributed by atoms with van der Waals surface area (Å²) in [4.78, 5) is 24.0. The molecule has 1 amide bonds. The predicted octanol–water partition coefficient (Wildman–Crippen LogP) is 3.01. The van der Waals surface area contributed by atoms with Gasteiger partial charge in [0.25, 0.3) is 0 Å². The number of amides is 1. The molecule has 0 spiro atoms. The van der Waals surface area contributed by atoms with E-state index in [0.717, 1.165) is 17.1 Å². The number of rotatable bonds is 3. The molecule has 104 valence electrons. The van der Waals surface area contributed by atoms with Crippen molar-refractivity contribution in [2.24, 2.45) is 0 Å². The van der Waals surface area contributed by atoms with Crippen LogP contribution in [0.3, 0.4) is 0 Å². The van der Waals surface area contributed by atoms with Gasteiger partial charge in [0.1, 0.15) is 5.37 Å². The fourth-order valence-electron chi connectivity index (χ4n) is 2.14. The molecule has 0 aliphatic carbocycles. The SMILES string of the molecule is Cc1cnc(CN2C(=O)CCSC2c2cccs2)cn1. The number of aryl methyl sites for hydroxylation is 1. The number of aromatic nitrogens is 2. The van der Waals surface area contributed by atoms with Crippen molar-refractivity contribution in [1.82, 2.24) is 14.9 Å². The summed E-state index contributed by atoms with van der Waals surface area (Å²) >= 11 is 3.52. The highest BCUT2D eigenvalue weighted by atomic mass is 32.2. The van der Waals surface area contributed by atoms with E-state index in [1.807, 2.05) is 29.7 Å². The molecule has 4 nitrogen and oxygen atoms in total. The van der Waals surface area contributed by atoms with Crippen LogP contribution in [0, 0.1) is 6.92 Å².